The van der Waals surface area contributed by atoms with Crippen molar-refractivity contribution in [3.63, 3.8) is 0 Å². The van der Waals surface area contributed by atoms with E-state index in [-0.39, 0.29) is 29.3 Å². The first kappa shape index (κ1) is 25.4. The van der Waals surface area contributed by atoms with E-state index < -0.39 is 34.5 Å². The van der Waals surface area contributed by atoms with Gasteiger partial charge in [0.25, 0.3) is 11.7 Å². The zero-order valence-electron chi connectivity index (χ0n) is 20.1. The van der Waals surface area contributed by atoms with Crippen LogP contribution >= 0.6 is 0 Å². The Bertz CT molecular complexity index is 1170. The predicted molar refractivity (Wildman–Crippen MR) is 120 cm³/mol. The molecular weight excluding hydrogens is 466 g/mol. The molecule has 190 valence electrons. The van der Waals surface area contributed by atoms with Crippen LogP contribution in [0.15, 0.2) is 30.3 Å². The summed E-state index contributed by atoms with van der Waals surface area (Å²) in [7, 11) is 0. The van der Waals surface area contributed by atoms with Crippen LogP contribution in [0.2, 0.25) is 0 Å². The minimum absolute atomic E-state index is 0.0882. The summed E-state index contributed by atoms with van der Waals surface area (Å²) in [6.45, 7) is 7.44. The maximum absolute atomic E-state index is 14.5. The van der Waals surface area contributed by atoms with E-state index in [0.717, 1.165) is 6.07 Å². The number of amides is 1. The highest BCUT2D eigenvalue weighted by Gasteiger charge is 2.49. The van der Waals surface area contributed by atoms with Gasteiger partial charge in [0.1, 0.15) is 5.82 Å². The molecule has 2 N–H and O–H groups in total. The molecular formula is C25H29F4N3O3. The molecule has 1 aromatic heterocycles. The lowest BCUT2D eigenvalue weighted by Gasteiger charge is -2.51. The highest BCUT2D eigenvalue weighted by atomic mass is 19.4. The van der Waals surface area contributed by atoms with Crippen LogP contribution in [-0.4, -0.2) is 51.1 Å². The Kier molecular flexibility index (Phi) is 5.92. The van der Waals surface area contributed by atoms with Crippen molar-refractivity contribution in [3.05, 3.63) is 58.7 Å². The van der Waals surface area contributed by atoms with E-state index in [0.29, 0.717) is 31.6 Å². The summed E-state index contributed by atoms with van der Waals surface area (Å²) >= 11 is 0. The molecule has 0 unspecified atom stereocenters. The number of carbonyl (C=O) groups is 2. The number of likely N-dealkylation sites (tertiary alicyclic amines) is 1. The molecule has 2 aliphatic heterocycles. The third-order valence-electron chi connectivity index (χ3n) is 6.87. The number of carbonyl (C=O) groups excluding carboxylic acids is 2. The Morgan fingerprint density at radius 1 is 1.06 bits per heavy atom. The number of hydrogen-bond acceptors (Lipinski definition) is 4. The van der Waals surface area contributed by atoms with Crippen LogP contribution < -0.4 is 5.32 Å². The minimum atomic E-state index is -4.97. The van der Waals surface area contributed by atoms with Gasteiger partial charge in [0.15, 0.2) is 0 Å². The number of Topliss-reactive ketones (excluding diaryl/α,β-unsaturated/α-hetero) is 1. The van der Waals surface area contributed by atoms with Crippen LogP contribution in [0.5, 0.6) is 0 Å². The van der Waals surface area contributed by atoms with Crippen molar-refractivity contribution in [2.45, 2.75) is 69.9 Å². The zero-order chi connectivity index (χ0) is 26.0. The normalized spacial score (nSPS) is 19.5. The van der Waals surface area contributed by atoms with Crippen LogP contribution in [-0.2, 0) is 17.7 Å². The lowest BCUT2D eigenvalue weighted by atomic mass is 9.79. The molecule has 0 atom stereocenters. The van der Waals surface area contributed by atoms with Crippen molar-refractivity contribution >= 4 is 11.7 Å². The Labute approximate surface area is 200 Å². The third-order valence-corrected chi connectivity index (χ3v) is 6.87. The highest BCUT2D eigenvalue weighted by Crippen LogP contribution is 2.41. The fourth-order valence-electron chi connectivity index (χ4n) is 5.35. The molecule has 0 saturated carbocycles. The summed E-state index contributed by atoms with van der Waals surface area (Å²) in [5.74, 6) is -2.91. The van der Waals surface area contributed by atoms with Crippen LogP contribution in [0.1, 0.15) is 72.6 Å². The molecule has 1 amide bonds. The van der Waals surface area contributed by atoms with E-state index in [9.17, 15) is 32.3 Å². The van der Waals surface area contributed by atoms with E-state index in [1.807, 2.05) is 13.8 Å². The number of benzene rings is 1. The van der Waals surface area contributed by atoms with Gasteiger partial charge in [-0.2, -0.15) is 13.2 Å². The van der Waals surface area contributed by atoms with Gasteiger partial charge in [0.05, 0.1) is 16.8 Å². The molecule has 0 aliphatic carbocycles. The second-order valence-corrected chi connectivity index (χ2v) is 10.7. The average Bonchev–Trinajstić information content (AvgIpc) is 3.14. The van der Waals surface area contributed by atoms with Gasteiger partial charge in [0.2, 0.25) is 0 Å². The van der Waals surface area contributed by atoms with E-state index >= 15 is 0 Å². The molecule has 35 heavy (non-hydrogen) atoms. The molecule has 1 spiro atoms. The number of halogens is 4. The van der Waals surface area contributed by atoms with Crippen LogP contribution in [0, 0.1) is 5.82 Å². The number of piperidine rings is 1. The van der Waals surface area contributed by atoms with E-state index in [1.165, 1.54) is 36.6 Å². The van der Waals surface area contributed by atoms with E-state index in [2.05, 4.69) is 5.32 Å². The maximum Gasteiger partial charge on any atom is 0.456 e. The third kappa shape index (κ3) is 4.61. The van der Waals surface area contributed by atoms with Crippen LogP contribution in [0.3, 0.4) is 0 Å². The summed E-state index contributed by atoms with van der Waals surface area (Å²) < 4.78 is 55.5. The molecule has 2 aromatic rings. The molecule has 1 saturated heterocycles. The standard InChI is InChI=1S/C25H29F4N3O3/c1-22(2)14-32-18(20(33)25(27,28)29)7-8-19(32)24(30-22)9-11-31(12-10-24)21(34)15-5-6-16(17(26)13-15)23(3,4)35/h5-8,13,30,35H,9-12,14H2,1-4H3. The Hall–Kier alpha value is -2.72. The number of nitrogens with zero attached hydrogens (tertiary/aromatic N) is 2. The van der Waals surface area contributed by atoms with Gasteiger partial charge in [-0.3, -0.25) is 14.9 Å². The number of aliphatic hydroxyl groups is 1. The fourth-order valence-corrected chi connectivity index (χ4v) is 5.35. The Morgan fingerprint density at radius 3 is 2.23 bits per heavy atom. The van der Waals surface area contributed by atoms with Crippen molar-refractivity contribution in [1.29, 1.82) is 0 Å². The summed E-state index contributed by atoms with van der Waals surface area (Å²) in [5.41, 5.74) is -2.23. The number of ketones is 1. The largest absolute Gasteiger partial charge is 0.456 e. The second kappa shape index (κ2) is 8.16. The molecule has 3 heterocycles. The molecule has 0 radical (unpaired) electrons. The number of rotatable bonds is 3. The smallest absolute Gasteiger partial charge is 0.386 e. The fraction of sp³-hybridized carbons (Fsp3) is 0.520. The van der Waals surface area contributed by atoms with Gasteiger partial charge in [-0.15, -0.1) is 0 Å². The molecule has 2 aliphatic rings. The van der Waals surface area contributed by atoms with Crippen molar-refractivity contribution < 1.29 is 32.3 Å². The Balaban J connectivity index is 1.58. The van der Waals surface area contributed by atoms with Gasteiger partial charge in [-0.25, -0.2) is 4.39 Å². The van der Waals surface area contributed by atoms with Gasteiger partial charge in [-0.1, -0.05) is 6.07 Å². The van der Waals surface area contributed by atoms with Crippen molar-refractivity contribution in [1.82, 2.24) is 14.8 Å². The first-order valence-electron chi connectivity index (χ1n) is 11.5. The van der Waals surface area contributed by atoms with Crippen LogP contribution in [0.4, 0.5) is 17.6 Å². The number of alkyl halides is 3. The van der Waals surface area contributed by atoms with E-state index in [1.54, 1.807) is 11.0 Å². The second-order valence-electron chi connectivity index (χ2n) is 10.7. The molecule has 10 heteroatoms. The predicted octanol–water partition coefficient (Wildman–Crippen LogP) is 4.11. The zero-order valence-corrected chi connectivity index (χ0v) is 20.1. The lowest BCUT2D eigenvalue weighted by molar-refractivity contribution is -0.0892. The first-order chi connectivity index (χ1) is 16.0. The summed E-state index contributed by atoms with van der Waals surface area (Å²) in [4.78, 5) is 26.7. The van der Waals surface area contributed by atoms with E-state index in [4.69, 9.17) is 0 Å². The minimum Gasteiger partial charge on any atom is -0.386 e. The molecule has 4 rings (SSSR count). The monoisotopic (exact) mass is 495 g/mol. The molecule has 1 aromatic carbocycles. The van der Waals surface area contributed by atoms with Crippen molar-refractivity contribution in [2.24, 2.45) is 0 Å². The molecule has 0 bridgehead atoms. The number of hydrogen-bond donors (Lipinski definition) is 2. The summed E-state index contributed by atoms with van der Waals surface area (Å²) in [6.07, 6.45) is -4.14. The van der Waals surface area contributed by atoms with Crippen LogP contribution in [0.25, 0.3) is 0 Å². The topological polar surface area (TPSA) is 74.6 Å². The average molecular weight is 496 g/mol. The molecule has 1 fully saturated rings. The van der Waals surface area contributed by atoms with Crippen molar-refractivity contribution in [3.8, 4) is 0 Å². The van der Waals surface area contributed by atoms with Crippen molar-refractivity contribution in [2.75, 3.05) is 13.1 Å². The Morgan fingerprint density at radius 2 is 1.69 bits per heavy atom. The molecule has 6 nitrogen and oxygen atoms in total. The summed E-state index contributed by atoms with van der Waals surface area (Å²) in [5, 5.41) is 13.6. The van der Waals surface area contributed by atoms with Gasteiger partial charge in [0, 0.05) is 42.0 Å². The summed E-state index contributed by atoms with van der Waals surface area (Å²) in [6, 6.07) is 6.77. The van der Waals surface area contributed by atoms with Gasteiger partial charge in [-0.05, 0) is 64.8 Å². The maximum atomic E-state index is 14.5. The van der Waals surface area contributed by atoms with Gasteiger partial charge >= 0.3 is 6.18 Å². The highest BCUT2D eigenvalue weighted by molar-refractivity contribution is 5.99. The number of aromatic nitrogens is 1. The number of fused-ring (bicyclic) bond motifs is 2. The quantitative estimate of drug-likeness (QED) is 0.497. The number of nitrogens with one attached hydrogen (secondary N) is 1. The first-order valence-corrected chi connectivity index (χ1v) is 11.5. The SMILES string of the molecule is CC1(C)Cn2c(C(=O)C(F)(F)F)ccc2C2(CCN(C(=O)c3ccc(C(C)(C)O)c(F)c3)CC2)N1. The lowest BCUT2D eigenvalue weighted by Crippen LogP contribution is -2.63. The van der Waals surface area contributed by atoms with Gasteiger partial charge < -0.3 is 14.6 Å².